The van der Waals surface area contributed by atoms with Crippen LogP contribution in [0.15, 0.2) is 65.7 Å². The van der Waals surface area contributed by atoms with E-state index in [1.165, 1.54) is 13.3 Å². The highest BCUT2D eigenvalue weighted by Crippen LogP contribution is 2.33. The van der Waals surface area contributed by atoms with E-state index in [1.54, 1.807) is 31.3 Å². The molecule has 1 N–H and O–H groups in total. The molecule has 36 heavy (non-hydrogen) atoms. The normalized spacial score (nSPS) is 11.9. The van der Waals surface area contributed by atoms with Crippen LogP contribution in [-0.4, -0.2) is 31.5 Å². The first-order valence-corrected chi connectivity index (χ1v) is 12.3. The summed E-state index contributed by atoms with van der Waals surface area (Å²) < 4.78 is 72.7. The van der Waals surface area contributed by atoms with E-state index in [0.717, 1.165) is 27.7 Å². The Morgan fingerprint density at radius 3 is 2.47 bits per heavy atom. The first-order valence-electron chi connectivity index (χ1n) is 10.4. The lowest BCUT2D eigenvalue weighted by Crippen LogP contribution is -2.14. The number of rotatable bonds is 7. The number of ether oxygens (including phenoxy) is 1. The van der Waals surface area contributed by atoms with E-state index in [1.807, 2.05) is 6.07 Å². The fourth-order valence-corrected chi connectivity index (χ4v) is 5.45. The Kier molecular flexibility index (Phi) is 8.24. The summed E-state index contributed by atoms with van der Waals surface area (Å²) in [6.45, 7) is 0.370. The minimum Gasteiger partial charge on any atom is -0.481 e. The Morgan fingerprint density at radius 1 is 1.08 bits per heavy atom. The molecule has 0 aliphatic rings. The molecule has 0 saturated heterocycles. The van der Waals surface area contributed by atoms with Crippen molar-refractivity contribution in [2.24, 2.45) is 0 Å². The van der Waals surface area contributed by atoms with Crippen LogP contribution in [0, 0.1) is 0 Å². The van der Waals surface area contributed by atoms with Crippen molar-refractivity contribution in [3.63, 3.8) is 0 Å². The van der Waals surface area contributed by atoms with Crippen molar-refractivity contribution in [1.82, 2.24) is 14.3 Å². The van der Waals surface area contributed by atoms with E-state index in [-0.39, 0.29) is 17.6 Å². The average molecular weight is 560 g/mol. The molecule has 0 spiro atoms. The molecule has 0 bridgehead atoms. The van der Waals surface area contributed by atoms with E-state index in [2.05, 4.69) is 10.3 Å². The summed E-state index contributed by atoms with van der Waals surface area (Å²) in [5.41, 5.74) is 1.46. The first kappa shape index (κ1) is 27.8. The number of nitrogens with one attached hydrogen (secondary N) is 1. The number of halogens is 5. The van der Waals surface area contributed by atoms with E-state index in [9.17, 15) is 21.6 Å². The lowest BCUT2D eigenvalue weighted by Gasteiger charge is -2.12. The maximum absolute atomic E-state index is 13.5. The fraction of sp³-hybridized carbons (Fsp3) is 0.208. The summed E-state index contributed by atoms with van der Waals surface area (Å²) in [5.74, 6) is 0.368. The van der Waals surface area contributed by atoms with Crippen LogP contribution in [0.3, 0.4) is 0 Å². The molecule has 0 saturated carbocycles. The van der Waals surface area contributed by atoms with Crippen LogP contribution in [0.2, 0.25) is 5.15 Å². The Labute approximate surface area is 217 Å². The third kappa shape index (κ3) is 5.46. The minimum atomic E-state index is -4.67. The van der Waals surface area contributed by atoms with Gasteiger partial charge in [0.15, 0.2) is 0 Å². The predicted molar refractivity (Wildman–Crippen MR) is 135 cm³/mol. The zero-order valence-electron chi connectivity index (χ0n) is 19.1. The maximum Gasteiger partial charge on any atom is 0.416 e. The van der Waals surface area contributed by atoms with Crippen molar-refractivity contribution >= 4 is 44.9 Å². The van der Waals surface area contributed by atoms with Crippen molar-refractivity contribution in [2.75, 3.05) is 14.2 Å². The van der Waals surface area contributed by atoms with Crippen LogP contribution in [0.5, 0.6) is 5.88 Å². The first-order chi connectivity index (χ1) is 16.5. The second-order valence-corrected chi connectivity index (χ2v) is 10.0. The molecule has 2 aromatic heterocycles. The van der Waals surface area contributed by atoms with Gasteiger partial charge in [-0.15, -0.1) is 12.4 Å². The predicted octanol–water partition coefficient (Wildman–Crippen LogP) is 5.69. The summed E-state index contributed by atoms with van der Waals surface area (Å²) in [6.07, 6.45) is -2.87. The molecule has 0 amide bonds. The molecule has 2 heterocycles. The summed E-state index contributed by atoms with van der Waals surface area (Å²) >= 11 is 6.26. The second-order valence-electron chi connectivity index (χ2n) is 7.84. The summed E-state index contributed by atoms with van der Waals surface area (Å²) in [6, 6.07) is 12.5. The molecule has 12 heteroatoms. The molecule has 4 aromatic rings. The molecule has 6 nitrogen and oxygen atoms in total. The third-order valence-electron chi connectivity index (χ3n) is 5.51. The monoisotopic (exact) mass is 559 g/mol. The van der Waals surface area contributed by atoms with Gasteiger partial charge in [0.05, 0.1) is 23.1 Å². The van der Waals surface area contributed by atoms with Crippen molar-refractivity contribution in [3.8, 4) is 5.88 Å². The zero-order valence-corrected chi connectivity index (χ0v) is 21.5. The van der Waals surface area contributed by atoms with Gasteiger partial charge >= 0.3 is 6.18 Å². The third-order valence-corrected chi connectivity index (χ3v) is 7.51. The van der Waals surface area contributed by atoms with Crippen LogP contribution in [0.25, 0.3) is 10.9 Å². The molecule has 0 unspecified atom stereocenters. The lowest BCUT2D eigenvalue weighted by atomic mass is 10.0. The largest absolute Gasteiger partial charge is 0.481 e. The number of methoxy groups -OCH3 is 1. The number of aromatic nitrogens is 2. The van der Waals surface area contributed by atoms with Gasteiger partial charge in [-0.25, -0.2) is 17.4 Å². The van der Waals surface area contributed by atoms with Crippen molar-refractivity contribution in [1.29, 1.82) is 0 Å². The molecular weight excluding hydrogens is 538 g/mol. The van der Waals surface area contributed by atoms with Crippen LogP contribution in [0.4, 0.5) is 13.2 Å². The number of benzene rings is 2. The van der Waals surface area contributed by atoms with Gasteiger partial charge in [-0.2, -0.15) is 13.2 Å². The smallest absolute Gasteiger partial charge is 0.416 e. The Balaban J connectivity index is 0.00000361. The van der Waals surface area contributed by atoms with Crippen molar-refractivity contribution in [2.45, 2.75) is 24.0 Å². The van der Waals surface area contributed by atoms with Gasteiger partial charge in [0.2, 0.25) is 5.88 Å². The minimum absolute atomic E-state index is 0. The molecule has 0 aliphatic heterocycles. The number of hydrogen-bond donors (Lipinski definition) is 1. The van der Waals surface area contributed by atoms with E-state index in [4.69, 9.17) is 16.3 Å². The topological polar surface area (TPSA) is 73.2 Å². The van der Waals surface area contributed by atoms with Crippen LogP contribution in [0.1, 0.15) is 22.3 Å². The average Bonchev–Trinajstić information content (AvgIpc) is 3.18. The van der Waals surface area contributed by atoms with Crippen molar-refractivity contribution in [3.05, 3.63) is 88.2 Å². The van der Waals surface area contributed by atoms with Crippen LogP contribution < -0.4 is 10.1 Å². The van der Waals surface area contributed by atoms with Gasteiger partial charge in [-0.1, -0.05) is 35.9 Å². The SMILES string of the molecule is CNCc1cn(S(=O)(=O)c2cccc(C(F)(F)F)c2)c2cc(Cc3ccc(OC)nc3Cl)ccc12.Cl. The van der Waals surface area contributed by atoms with Gasteiger partial charge < -0.3 is 10.1 Å². The number of alkyl halides is 3. The number of nitrogens with zero attached hydrogens (tertiary/aromatic N) is 2. The molecule has 0 fully saturated rings. The molecule has 2 aromatic carbocycles. The lowest BCUT2D eigenvalue weighted by molar-refractivity contribution is -0.137. The zero-order chi connectivity index (χ0) is 25.4. The number of pyridine rings is 1. The number of hydrogen-bond acceptors (Lipinski definition) is 5. The summed E-state index contributed by atoms with van der Waals surface area (Å²) in [4.78, 5) is 3.69. The molecule has 192 valence electrons. The molecule has 0 aliphatic carbocycles. The van der Waals surface area contributed by atoms with Gasteiger partial charge in [0, 0.05) is 30.6 Å². The molecular formula is C24H22Cl2F3N3O3S. The Morgan fingerprint density at radius 2 is 1.83 bits per heavy atom. The quantitative estimate of drug-likeness (QED) is 0.294. The van der Waals surface area contributed by atoms with E-state index >= 15 is 0 Å². The summed E-state index contributed by atoms with van der Waals surface area (Å²) in [7, 11) is -1.12. The highest BCUT2D eigenvalue weighted by atomic mass is 35.5. The summed E-state index contributed by atoms with van der Waals surface area (Å²) in [5, 5.41) is 3.91. The molecule has 0 radical (unpaired) electrons. The van der Waals surface area contributed by atoms with Gasteiger partial charge in [0.25, 0.3) is 10.0 Å². The fourth-order valence-electron chi connectivity index (χ4n) is 3.81. The number of fused-ring (bicyclic) bond motifs is 1. The van der Waals surface area contributed by atoms with Crippen molar-refractivity contribution < 1.29 is 26.3 Å². The highest BCUT2D eigenvalue weighted by molar-refractivity contribution is 7.90. The van der Waals surface area contributed by atoms with Gasteiger partial charge in [-0.05, 0) is 48.0 Å². The highest BCUT2D eigenvalue weighted by Gasteiger charge is 2.32. The standard InChI is InChI=1S/C24H21ClF3N3O3S.ClH/c1-29-13-17-14-31(35(32,33)19-5-3-4-18(12-19)24(26,27)28)21-11-15(6-8-20(17)21)10-16-7-9-22(34-2)30-23(16)25;/h3-9,11-12,14,29H,10,13H2,1-2H3;1H. The van der Waals surface area contributed by atoms with E-state index < -0.39 is 26.7 Å². The second kappa shape index (κ2) is 10.7. The maximum atomic E-state index is 13.5. The Bertz CT molecular complexity index is 1510. The molecule has 4 rings (SSSR count). The Hall–Kier alpha value is -2.79. The molecule has 0 atom stereocenters. The van der Waals surface area contributed by atoms with Crippen LogP contribution in [-0.2, 0) is 29.2 Å². The van der Waals surface area contributed by atoms with E-state index in [0.29, 0.717) is 46.9 Å². The van der Waals surface area contributed by atoms with Crippen LogP contribution >= 0.6 is 24.0 Å². The van der Waals surface area contributed by atoms with Gasteiger partial charge in [-0.3, -0.25) is 0 Å². The van der Waals surface area contributed by atoms with Gasteiger partial charge in [0.1, 0.15) is 5.15 Å².